The number of hydrogen-bond acceptors (Lipinski definition) is 3. The molecule has 0 aliphatic rings. The summed E-state index contributed by atoms with van der Waals surface area (Å²) in [6.45, 7) is 3.99. The largest absolute Gasteiger partial charge is 0.309 e. The van der Waals surface area contributed by atoms with E-state index in [1.54, 1.807) is 0 Å². The topological polar surface area (TPSA) is 64.4 Å². The average molecular weight is 205 g/mol. The highest BCUT2D eigenvalue weighted by Crippen LogP contribution is 2.14. The molecule has 0 heterocycles. The van der Waals surface area contributed by atoms with Crippen LogP contribution in [0.3, 0.4) is 0 Å². The van der Waals surface area contributed by atoms with Gasteiger partial charge in [-0.25, -0.2) is 0 Å². The zero-order valence-electron chi connectivity index (χ0n) is 9.40. The Morgan fingerprint density at radius 3 is 2.27 bits per heavy atom. The van der Waals surface area contributed by atoms with Gasteiger partial charge < -0.3 is 11.5 Å². The van der Waals surface area contributed by atoms with E-state index in [1.165, 1.54) is 0 Å². The highest BCUT2D eigenvalue weighted by atomic mass is 15.0. The van der Waals surface area contributed by atoms with Gasteiger partial charge in [0.2, 0.25) is 0 Å². The smallest absolute Gasteiger partial charge is 0.103 e. The summed E-state index contributed by atoms with van der Waals surface area (Å²) in [4.78, 5) is 4.49. The Labute approximate surface area is 91.2 Å². The third-order valence-corrected chi connectivity index (χ3v) is 2.48. The van der Waals surface area contributed by atoms with Gasteiger partial charge in [-0.15, -0.1) is 0 Å². The molecule has 15 heavy (non-hydrogen) atoms. The molecule has 0 fully saturated rings. The summed E-state index contributed by atoms with van der Waals surface area (Å²) in [5.41, 5.74) is 12.9. The van der Waals surface area contributed by atoms with E-state index in [0.29, 0.717) is 6.42 Å². The number of benzene rings is 1. The van der Waals surface area contributed by atoms with Crippen LogP contribution in [-0.2, 0) is 0 Å². The molecule has 82 valence electrons. The molecule has 0 spiro atoms. The van der Waals surface area contributed by atoms with Gasteiger partial charge in [-0.2, -0.15) is 0 Å². The summed E-state index contributed by atoms with van der Waals surface area (Å²) >= 11 is 0. The lowest BCUT2D eigenvalue weighted by atomic mass is 10.0. The van der Waals surface area contributed by atoms with Crippen molar-refractivity contribution in [2.45, 2.75) is 32.4 Å². The van der Waals surface area contributed by atoms with E-state index in [0.717, 1.165) is 17.8 Å². The van der Waals surface area contributed by atoms with Crippen molar-refractivity contribution in [2.75, 3.05) is 0 Å². The number of nitrogens with zero attached hydrogens (tertiary/aromatic N) is 1. The zero-order valence-corrected chi connectivity index (χ0v) is 9.40. The second kappa shape index (κ2) is 5.05. The highest BCUT2D eigenvalue weighted by Gasteiger charge is 2.22. The van der Waals surface area contributed by atoms with Crippen molar-refractivity contribution in [3.8, 4) is 0 Å². The molecule has 3 nitrogen and oxygen atoms in total. The first-order valence-corrected chi connectivity index (χ1v) is 5.31. The molecule has 0 aliphatic heterocycles. The summed E-state index contributed by atoms with van der Waals surface area (Å²) < 4.78 is 0. The standard InChI is InChI=1S/C12H19N3/c1-3-11(12(13,14)4-2)15-10-8-6-5-7-9-10/h5-9H,3-4,13-14H2,1-2H3/b15-11-. The van der Waals surface area contributed by atoms with Gasteiger partial charge in [0.15, 0.2) is 0 Å². The molecule has 0 aromatic heterocycles. The molecule has 1 aromatic rings. The third kappa shape index (κ3) is 3.15. The predicted molar refractivity (Wildman–Crippen MR) is 65.2 cm³/mol. The maximum Gasteiger partial charge on any atom is 0.103 e. The van der Waals surface area contributed by atoms with Gasteiger partial charge in [-0.1, -0.05) is 32.0 Å². The normalized spacial score (nSPS) is 12.9. The Bertz CT molecular complexity index is 328. The van der Waals surface area contributed by atoms with E-state index in [4.69, 9.17) is 11.5 Å². The van der Waals surface area contributed by atoms with E-state index < -0.39 is 5.66 Å². The summed E-state index contributed by atoms with van der Waals surface area (Å²) in [6, 6.07) is 9.75. The lowest BCUT2D eigenvalue weighted by molar-refractivity contribution is 0.563. The molecule has 0 unspecified atom stereocenters. The lowest BCUT2D eigenvalue weighted by Gasteiger charge is -2.24. The van der Waals surface area contributed by atoms with Crippen LogP contribution in [0.5, 0.6) is 0 Å². The van der Waals surface area contributed by atoms with Crippen molar-refractivity contribution in [2.24, 2.45) is 16.5 Å². The minimum Gasteiger partial charge on any atom is -0.309 e. The maximum atomic E-state index is 5.97. The number of hydrogen-bond donors (Lipinski definition) is 2. The van der Waals surface area contributed by atoms with Crippen molar-refractivity contribution in [1.29, 1.82) is 0 Å². The molecule has 0 aliphatic carbocycles. The highest BCUT2D eigenvalue weighted by molar-refractivity contribution is 5.94. The van der Waals surface area contributed by atoms with Crippen LogP contribution in [0.25, 0.3) is 0 Å². The fourth-order valence-electron chi connectivity index (χ4n) is 1.37. The summed E-state index contributed by atoms with van der Waals surface area (Å²) in [7, 11) is 0. The molecule has 0 atom stereocenters. The van der Waals surface area contributed by atoms with Crippen LogP contribution in [0, 0.1) is 0 Å². The van der Waals surface area contributed by atoms with Crippen molar-refractivity contribution in [3.05, 3.63) is 30.3 Å². The van der Waals surface area contributed by atoms with Gasteiger partial charge in [0.1, 0.15) is 5.66 Å². The fourth-order valence-corrected chi connectivity index (χ4v) is 1.37. The van der Waals surface area contributed by atoms with Crippen molar-refractivity contribution >= 4 is 11.4 Å². The molecule has 0 saturated carbocycles. The molecule has 0 amide bonds. The van der Waals surface area contributed by atoms with Crippen LogP contribution in [-0.4, -0.2) is 11.4 Å². The second-order valence-corrected chi connectivity index (χ2v) is 3.64. The average Bonchev–Trinajstić information content (AvgIpc) is 2.27. The van der Waals surface area contributed by atoms with Crippen LogP contribution in [0.1, 0.15) is 26.7 Å². The zero-order chi connectivity index (χ0) is 11.3. The van der Waals surface area contributed by atoms with E-state index in [9.17, 15) is 0 Å². The van der Waals surface area contributed by atoms with E-state index in [-0.39, 0.29) is 0 Å². The Morgan fingerprint density at radius 1 is 1.20 bits per heavy atom. The first-order chi connectivity index (χ1) is 7.10. The summed E-state index contributed by atoms with van der Waals surface area (Å²) in [6.07, 6.45) is 1.46. The van der Waals surface area contributed by atoms with Crippen LogP contribution in [0.2, 0.25) is 0 Å². The molecule has 0 saturated heterocycles. The maximum absolute atomic E-state index is 5.97. The number of aliphatic imine (C=N–C) groups is 1. The molecule has 3 heteroatoms. The van der Waals surface area contributed by atoms with Gasteiger partial charge in [0, 0.05) is 0 Å². The molecular weight excluding hydrogens is 186 g/mol. The monoisotopic (exact) mass is 205 g/mol. The molecule has 1 rings (SSSR count). The number of nitrogens with two attached hydrogens (primary N) is 2. The fraction of sp³-hybridized carbons (Fsp3) is 0.417. The second-order valence-electron chi connectivity index (χ2n) is 3.64. The Morgan fingerprint density at radius 2 is 1.80 bits per heavy atom. The van der Waals surface area contributed by atoms with Gasteiger partial charge in [0.25, 0.3) is 0 Å². The van der Waals surface area contributed by atoms with Gasteiger partial charge in [-0.3, -0.25) is 4.99 Å². The van der Waals surface area contributed by atoms with E-state index >= 15 is 0 Å². The van der Waals surface area contributed by atoms with Crippen LogP contribution in [0.4, 0.5) is 5.69 Å². The molecule has 0 radical (unpaired) electrons. The van der Waals surface area contributed by atoms with E-state index in [2.05, 4.69) is 4.99 Å². The van der Waals surface area contributed by atoms with Gasteiger partial charge in [-0.05, 0) is 25.0 Å². The molecular formula is C12H19N3. The lowest BCUT2D eigenvalue weighted by Crippen LogP contribution is -2.55. The third-order valence-electron chi connectivity index (χ3n) is 2.48. The van der Waals surface area contributed by atoms with Crippen LogP contribution >= 0.6 is 0 Å². The van der Waals surface area contributed by atoms with Crippen molar-refractivity contribution < 1.29 is 0 Å². The summed E-state index contributed by atoms with van der Waals surface area (Å²) in [5, 5.41) is 0. The number of para-hydroxylation sites is 1. The molecule has 0 bridgehead atoms. The minimum absolute atomic E-state index is 0.687. The van der Waals surface area contributed by atoms with E-state index in [1.807, 2.05) is 44.2 Å². The Hall–Kier alpha value is -1.19. The van der Waals surface area contributed by atoms with Crippen LogP contribution < -0.4 is 11.5 Å². The van der Waals surface area contributed by atoms with Crippen LogP contribution in [0.15, 0.2) is 35.3 Å². The number of rotatable bonds is 4. The van der Waals surface area contributed by atoms with Gasteiger partial charge in [0.05, 0.1) is 11.4 Å². The predicted octanol–water partition coefficient (Wildman–Crippen LogP) is 2.19. The Balaban J connectivity index is 2.98. The first kappa shape index (κ1) is 11.9. The summed E-state index contributed by atoms with van der Waals surface area (Å²) in [5.74, 6) is 0. The Kier molecular flexibility index (Phi) is 4.00. The van der Waals surface area contributed by atoms with Crippen molar-refractivity contribution in [3.63, 3.8) is 0 Å². The first-order valence-electron chi connectivity index (χ1n) is 5.31. The van der Waals surface area contributed by atoms with Gasteiger partial charge >= 0.3 is 0 Å². The minimum atomic E-state index is -0.787. The van der Waals surface area contributed by atoms with Crippen molar-refractivity contribution in [1.82, 2.24) is 0 Å². The SMILES string of the molecule is CC/C(=N/c1ccccc1)C(N)(N)CC. The molecule has 1 aromatic carbocycles. The molecule has 4 N–H and O–H groups in total. The quantitative estimate of drug-likeness (QED) is 0.584.